The van der Waals surface area contributed by atoms with E-state index in [1.807, 2.05) is 6.07 Å². The fourth-order valence-corrected chi connectivity index (χ4v) is 7.55. The standard InChI is InChI=1S/C45H29N3/c1-3-14-31(15-4-1)39-22-12-23-40(46-39)32-16-11-19-34(27-32)48-41-24-10-9-21-36(41)37-28-38-44(29-43(37)48)47(33-17-5-2-6-18-33)42-26-25-30-13-7-8-20-35(30)45(38)42/h1-29H. The summed E-state index contributed by atoms with van der Waals surface area (Å²) in [5, 5.41) is 7.56. The van der Waals surface area contributed by atoms with E-state index >= 15 is 0 Å². The van der Waals surface area contributed by atoms with E-state index in [2.05, 4.69) is 179 Å². The van der Waals surface area contributed by atoms with E-state index in [0.717, 1.165) is 33.9 Å². The first-order chi connectivity index (χ1) is 23.8. The molecule has 0 aliphatic rings. The molecule has 0 atom stereocenters. The Labute approximate surface area is 277 Å². The fraction of sp³-hybridized carbons (Fsp3) is 0. The van der Waals surface area contributed by atoms with Gasteiger partial charge in [0.05, 0.1) is 33.5 Å². The van der Waals surface area contributed by atoms with E-state index in [1.54, 1.807) is 0 Å². The molecule has 0 aliphatic carbocycles. The van der Waals surface area contributed by atoms with Crippen LogP contribution in [0.4, 0.5) is 0 Å². The Hall–Kier alpha value is -6.45. The SMILES string of the molecule is c1ccc(-c2cccc(-c3cccc(-n4c5ccccc5c5cc6c7c8ccccc8ccc7n(-c7ccccc7)c6cc54)c3)n2)cc1. The number of aromatic nitrogens is 3. The van der Waals surface area contributed by atoms with Gasteiger partial charge in [-0.2, -0.15) is 0 Å². The average molecular weight is 612 g/mol. The molecule has 0 fully saturated rings. The zero-order valence-electron chi connectivity index (χ0n) is 26.1. The number of rotatable bonds is 4. The molecule has 48 heavy (non-hydrogen) atoms. The number of hydrogen-bond donors (Lipinski definition) is 0. The van der Waals surface area contributed by atoms with Crippen LogP contribution in [-0.4, -0.2) is 14.1 Å². The van der Waals surface area contributed by atoms with Gasteiger partial charge in [0.2, 0.25) is 0 Å². The second kappa shape index (κ2) is 10.5. The molecule has 3 heterocycles. The number of fused-ring (bicyclic) bond motifs is 8. The van der Waals surface area contributed by atoms with Crippen molar-refractivity contribution in [2.75, 3.05) is 0 Å². The smallest absolute Gasteiger partial charge is 0.0710 e. The number of hydrogen-bond acceptors (Lipinski definition) is 1. The topological polar surface area (TPSA) is 22.8 Å². The molecule has 0 unspecified atom stereocenters. The van der Waals surface area contributed by atoms with Crippen LogP contribution in [-0.2, 0) is 0 Å². The van der Waals surface area contributed by atoms with Gasteiger partial charge in [-0.05, 0) is 71.4 Å². The van der Waals surface area contributed by atoms with Crippen LogP contribution in [0.2, 0.25) is 0 Å². The van der Waals surface area contributed by atoms with Crippen molar-refractivity contribution in [2.24, 2.45) is 0 Å². The second-order valence-corrected chi connectivity index (χ2v) is 12.4. The second-order valence-electron chi connectivity index (χ2n) is 12.4. The van der Waals surface area contributed by atoms with E-state index in [4.69, 9.17) is 4.98 Å². The predicted octanol–water partition coefficient (Wildman–Crippen LogP) is 11.8. The fourth-order valence-electron chi connectivity index (χ4n) is 7.55. The summed E-state index contributed by atoms with van der Waals surface area (Å²) >= 11 is 0. The van der Waals surface area contributed by atoms with Crippen molar-refractivity contribution in [3.8, 4) is 33.9 Å². The highest BCUT2D eigenvalue weighted by molar-refractivity contribution is 6.25. The molecule has 0 spiro atoms. The van der Waals surface area contributed by atoms with Gasteiger partial charge < -0.3 is 9.13 Å². The Morgan fingerprint density at radius 1 is 0.333 bits per heavy atom. The van der Waals surface area contributed by atoms with Gasteiger partial charge in [-0.3, -0.25) is 0 Å². The molecule has 3 aromatic heterocycles. The zero-order valence-corrected chi connectivity index (χ0v) is 26.1. The molecule has 3 heteroatoms. The Kier molecular flexibility index (Phi) is 5.87. The highest BCUT2D eigenvalue weighted by Crippen LogP contribution is 2.42. The summed E-state index contributed by atoms with van der Waals surface area (Å²) in [5.41, 5.74) is 11.2. The highest BCUT2D eigenvalue weighted by atomic mass is 15.0. The lowest BCUT2D eigenvalue weighted by molar-refractivity contribution is 1.16. The monoisotopic (exact) mass is 611 g/mol. The predicted molar refractivity (Wildman–Crippen MR) is 201 cm³/mol. The van der Waals surface area contributed by atoms with Crippen LogP contribution in [0.1, 0.15) is 0 Å². The molecule has 0 N–H and O–H groups in total. The van der Waals surface area contributed by atoms with Crippen molar-refractivity contribution < 1.29 is 0 Å². The Morgan fingerprint density at radius 3 is 1.81 bits per heavy atom. The van der Waals surface area contributed by atoms with E-state index in [9.17, 15) is 0 Å². The minimum atomic E-state index is 0.956. The summed E-state index contributed by atoms with van der Waals surface area (Å²) in [5.74, 6) is 0. The van der Waals surface area contributed by atoms with Gasteiger partial charge in [-0.15, -0.1) is 0 Å². The van der Waals surface area contributed by atoms with Crippen LogP contribution in [0.25, 0.3) is 88.3 Å². The molecular formula is C45H29N3. The highest BCUT2D eigenvalue weighted by Gasteiger charge is 2.20. The third-order valence-electron chi connectivity index (χ3n) is 9.68. The summed E-state index contributed by atoms with van der Waals surface area (Å²) in [6, 6.07) is 63.0. The number of pyridine rings is 1. The van der Waals surface area contributed by atoms with Crippen LogP contribution < -0.4 is 0 Å². The molecule has 224 valence electrons. The number of benzene rings is 7. The van der Waals surface area contributed by atoms with E-state index in [1.165, 1.54) is 54.4 Å². The van der Waals surface area contributed by atoms with Crippen molar-refractivity contribution in [3.63, 3.8) is 0 Å². The Balaban J connectivity index is 1.26. The third-order valence-corrected chi connectivity index (χ3v) is 9.68. The third kappa shape index (κ3) is 4.04. The van der Waals surface area contributed by atoms with Gasteiger partial charge in [0, 0.05) is 44.0 Å². The Morgan fingerprint density at radius 2 is 0.958 bits per heavy atom. The summed E-state index contributed by atoms with van der Waals surface area (Å²) in [4.78, 5) is 5.08. The van der Waals surface area contributed by atoms with E-state index in [-0.39, 0.29) is 0 Å². The molecule has 0 aliphatic heterocycles. The lowest BCUT2D eigenvalue weighted by Crippen LogP contribution is -1.96. The maximum absolute atomic E-state index is 5.08. The average Bonchev–Trinajstić information content (AvgIpc) is 3.67. The summed E-state index contributed by atoms with van der Waals surface area (Å²) in [6.45, 7) is 0. The number of para-hydroxylation sites is 2. The molecular weight excluding hydrogens is 583 g/mol. The van der Waals surface area contributed by atoms with Crippen LogP contribution in [0.5, 0.6) is 0 Å². The minimum absolute atomic E-state index is 0.956. The maximum atomic E-state index is 5.08. The first-order valence-corrected chi connectivity index (χ1v) is 16.4. The van der Waals surface area contributed by atoms with Gasteiger partial charge in [0.15, 0.2) is 0 Å². The van der Waals surface area contributed by atoms with Crippen LogP contribution in [0.15, 0.2) is 176 Å². The summed E-state index contributed by atoms with van der Waals surface area (Å²) in [6.07, 6.45) is 0. The van der Waals surface area contributed by atoms with Crippen LogP contribution >= 0.6 is 0 Å². The normalized spacial score (nSPS) is 11.8. The molecule has 0 saturated heterocycles. The van der Waals surface area contributed by atoms with Gasteiger partial charge in [-0.1, -0.05) is 115 Å². The zero-order chi connectivity index (χ0) is 31.6. The Bertz CT molecular complexity index is 2820. The van der Waals surface area contributed by atoms with Gasteiger partial charge in [0.1, 0.15) is 0 Å². The quantitative estimate of drug-likeness (QED) is 0.194. The summed E-state index contributed by atoms with van der Waals surface area (Å²) < 4.78 is 4.84. The largest absolute Gasteiger partial charge is 0.309 e. The van der Waals surface area contributed by atoms with Crippen LogP contribution in [0.3, 0.4) is 0 Å². The maximum Gasteiger partial charge on any atom is 0.0710 e. The first kappa shape index (κ1) is 26.7. The van der Waals surface area contributed by atoms with Crippen LogP contribution in [0, 0.1) is 0 Å². The molecule has 3 nitrogen and oxygen atoms in total. The lowest BCUT2D eigenvalue weighted by atomic mass is 10.0. The van der Waals surface area contributed by atoms with E-state index < -0.39 is 0 Å². The van der Waals surface area contributed by atoms with Crippen molar-refractivity contribution >= 4 is 54.4 Å². The van der Waals surface area contributed by atoms with Crippen molar-refractivity contribution in [3.05, 3.63) is 176 Å². The molecule has 7 aromatic carbocycles. The van der Waals surface area contributed by atoms with E-state index in [0.29, 0.717) is 0 Å². The molecule has 0 bridgehead atoms. The molecule has 10 rings (SSSR count). The minimum Gasteiger partial charge on any atom is -0.309 e. The van der Waals surface area contributed by atoms with Crippen molar-refractivity contribution in [1.29, 1.82) is 0 Å². The molecule has 0 amide bonds. The van der Waals surface area contributed by atoms with Crippen molar-refractivity contribution in [2.45, 2.75) is 0 Å². The lowest BCUT2D eigenvalue weighted by Gasteiger charge is -2.12. The van der Waals surface area contributed by atoms with Gasteiger partial charge >= 0.3 is 0 Å². The molecule has 10 aromatic rings. The molecule has 0 radical (unpaired) electrons. The number of nitrogens with zero attached hydrogens (tertiary/aromatic N) is 3. The van der Waals surface area contributed by atoms with Gasteiger partial charge in [-0.25, -0.2) is 4.98 Å². The molecule has 0 saturated carbocycles. The van der Waals surface area contributed by atoms with Crippen molar-refractivity contribution in [1.82, 2.24) is 14.1 Å². The van der Waals surface area contributed by atoms with Gasteiger partial charge in [0.25, 0.3) is 0 Å². The first-order valence-electron chi connectivity index (χ1n) is 16.4. The summed E-state index contributed by atoms with van der Waals surface area (Å²) in [7, 11) is 0.